The normalized spacial score (nSPS) is 17.4. The van der Waals surface area contributed by atoms with Gasteiger partial charge in [-0.15, -0.1) is 11.8 Å². The first-order chi connectivity index (χ1) is 3.80. The third-order valence-corrected chi connectivity index (χ3v) is 1.73. The van der Waals surface area contributed by atoms with Crippen molar-refractivity contribution in [2.45, 2.75) is 0 Å². The second kappa shape index (κ2) is 2.42. The summed E-state index contributed by atoms with van der Waals surface area (Å²) in [6.07, 6.45) is 1.67. The van der Waals surface area contributed by atoms with Crippen LogP contribution in [0.15, 0.2) is 11.6 Å². The minimum atomic E-state index is -0.411. The summed E-state index contributed by atoms with van der Waals surface area (Å²) in [5.41, 5.74) is 0. The van der Waals surface area contributed by atoms with Crippen molar-refractivity contribution in [3.8, 4) is 0 Å². The molecule has 0 saturated heterocycles. The Kier molecular flexibility index (Phi) is 1.81. The van der Waals surface area contributed by atoms with Gasteiger partial charge in [-0.25, -0.2) is 0 Å². The second-order valence-electron chi connectivity index (χ2n) is 1.30. The Balaban J connectivity index is 2.48. The van der Waals surface area contributed by atoms with Gasteiger partial charge in [-0.3, -0.25) is 9.69 Å². The Morgan fingerprint density at radius 2 is 2.62 bits per heavy atom. The SMILES string of the molecule is O=C(Cl)N1C=CSC1. The van der Waals surface area contributed by atoms with Crippen LogP contribution in [0.1, 0.15) is 0 Å². The molecular formula is C4H4ClNOS. The fourth-order valence-electron chi connectivity index (χ4n) is 0.392. The molecule has 2 nitrogen and oxygen atoms in total. The van der Waals surface area contributed by atoms with Crippen molar-refractivity contribution >= 4 is 28.7 Å². The summed E-state index contributed by atoms with van der Waals surface area (Å²) in [5.74, 6) is 0.655. The molecule has 0 aromatic heterocycles. The number of thioether (sulfide) groups is 1. The summed E-state index contributed by atoms with van der Waals surface area (Å²) in [6, 6.07) is 0. The highest BCUT2D eigenvalue weighted by Gasteiger charge is 2.09. The van der Waals surface area contributed by atoms with Gasteiger partial charge in [-0.2, -0.15) is 0 Å². The van der Waals surface area contributed by atoms with E-state index in [0.717, 1.165) is 0 Å². The minimum Gasteiger partial charge on any atom is -0.295 e. The molecule has 0 N–H and O–H groups in total. The van der Waals surface area contributed by atoms with Crippen LogP contribution in [0.4, 0.5) is 4.79 Å². The first kappa shape index (κ1) is 5.98. The van der Waals surface area contributed by atoms with Crippen LogP contribution in [0.25, 0.3) is 0 Å². The van der Waals surface area contributed by atoms with Gasteiger partial charge in [-0.05, 0) is 17.0 Å². The van der Waals surface area contributed by atoms with Crippen LogP contribution < -0.4 is 0 Å². The molecule has 1 heterocycles. The van der Waals surface area contributed by atoms with E-state index in [4.69, 9.17) is 11.6 Å². The smallest absolute Gasteiger partial charge is 0.295 e. The molecule has 0 atom stereocenters. The van der Waals surface area contributed by atoms with Crippen LogP contribution in [0.2, 0.25) is 0 Å². The molecule has 4 heteroatoms. The van der Waals surface area contributed by atoms with Gasteiger partial charge in [0.25, 0.3) is 0 Å². The Labute approximate surface area is 56.5 Å². The number of carbonyl (C=O) groups excluding carboxylic acids is 1. The highest BCUT2D eigenvalue weighted by molar-refractivity contribution is 8.02. The number of hydrogen-bond acceptors (Lipinski definition) is 2. The first-order valence-corrected chi connectivity index (χ1v) is 3.48. The monoisotopic (exact) mass is 149 g/mol. The average molecular weight is 150 g/mol. The maximum absolute atomic E-state index is 10.3. The molecule has 0 bridgehead atoms. The quantitative estimate of drug-likeness (QED) is 0.387. The zero-order chi connectivity index (χ0) is 5.98. The summed E-state index contributed by atoms with van der Waals surface area (Å²) < 4.78 is 0. The van der Waals surface area contributed by atoms with Gasteiger partial charge in [0.05, 0.1) is 5.88 Å². The maximum atomic E-state index is 10.3. The van der Waals surface area contributed by atoms with Crippen molar-refractivity contribution in [2.24, 2.45) is 0 Å². The third kappa shape index (κ3) is 1.17. The summed E-state index contributed by atoms with van der Waals surface area (Å²) >= 11 is 6.66. The van der Waals surface area contributed by atoms with E-state index < -0.39 is 5.37 Å². The highest BCUT2D eigenvalue weighted by atomic mass is 35.5. The van der Waals surface area contributed by atoms with Crippen molar-refractivity contribution in [1.82, 2.24) is 4.90 Å². The first-order valence-electron chi connectivity index (χ1n) is 2.05. The molecule has 0 aromatic carbocycles. The molecule has 0 unspecified atom stereocenters. The lowest BCUT2D eigenvalue weighted by Gasteiger charge is -2.04. The molecular weight excluding hydrogens is 146 g/mol. The second-order valence-corrected chi connectivity index (χ2v) is 2.49. The van der Waals surface area contributed by atoms with E-state index in [9.17, 15) is 4.79 Å². The Morgan fingerprint density at radius 3 is 2.88 bits per heavy atom. The van der Waals surface area contributed by atoms with Gasteiger partial charge < -0.3 is 0 Å². The van der Waals surface area contributed by atoms with Crippen molar-refractivity contribution < 1.29 is 4.79 Å². The largest absolute Gasteiger partial charge is 0.321 e. The van der Waals surface area contributed by atoms with Crippen molar-refractivity contribution in [3.05, 3.63) is 11.6 Å². The third-order valence-electron chi connectivity index (χ3n) is 0.776. The van der Waals surface area contributed by atoms with Crippen molar-refractivity contribution in [1.29, 1.82) is 0 Å². The van der Waals surface area contributed by atoms with Gasteiger partial charge in [0.1, 0.15) is 0 Å². The lowest BCUT2D eigenvalue weighted by molar-refractivity contribution is 0.243. The number of carbonyl (C=O) groups is 1. The molecule has 1 amide bonds. The summed E-state index contributed by atoms with van der Waals surface area (Å²) in [5, 5.41) is 1.42. The fourth-order valence-corrected chi connectivity index (χ4v) is 1.26. The number of hydrogen-bond donors (Lipinski definition) is 0. The van der Waals surface area contributed by atoms with E-state index in [1.54, 1.807) is 18.0 Å². The predicted octanol–water partition coefficient (Wildman–Crippen LogP) is 1.82. The number of nitrogens with zero attached hydrogens (tertiary/aromatic N) is 1. The van der Waals surface area contributed by atoms with E-state index in [-0.39, 0.29) is 0 Å². The minimum absolute atomic E-state index is 0.411. The van der Waals surface area contributed by atoms with E-state index in [2.05, 4.69) is 0 Å². The van der Waals surface area contributed by atoms with Crippen molar-refractivity contribution in [3.63, 3.8) is 0 Å². The standard InChI is InChI=1S/C4H4ClNOS/c5-4(7)6-1-2-8-3-6/h1-2H,3H2. The summed E-state index contributed by atoms with van der Waals surface area (Å²) in [7, 11) is 0. The van der Waals surface area contributed by atoms with Crippen LogP contribution in [-0.2, 0) is 0 Å². The van der Waals surface area contributed by atoms with Crippen LogP contribution in [-0.4, -0.2) is 16.1 Å². The maximum Gasteiger partial charge on any atom is 0.321 e. The Bertz CT molecular complexity index is 136. The number of halogens is 1. The molecule has 0 aromatic rings. The van der Waals surface area contributed by atoms with E-state index in [1.807, 2.05) is 5.41 Å². The Morgan fingerprint density at radius 1 is 1.88 bits per heavy atom. The molecule has 8 heavy (non-hydrogen) atoms. The number of amides is 1. The van der Waals surface area contributed by atoms with Gasteiger partial charge in [0.15, 0.2) is 0 Å². The predicted molar refractivity (Wildman–Crippen MR) is 34.7 cm³/mol. The fraction of sp³-hybridized carbons (Fsp3) is 0.250. The van der Waals surface area contributed by atoms with E-state index >= 15 is 0 Å². The molecule has 0 radical (unpaired) electrons. The number of rotatable bonds is 0. The van der Waals surface area contributed by atoms with Crippen LogP contribution in [0.3, 0.4) is 0 Å². The highest BCUT2D eigenvalue weighted by Crippen LogP contribution is 2.15. The van der Waals surface area contributed by atoms with Gasteiger partial charge >= 0.3 is 5.37 Å². The summed E-state index contributed by atoms with van der Waals surface area (Å²) in [6.45, 7) is 0. The van der Waals surface area contributed by atoms with Gasteiger partial charge in [0.2, 0.25) is 0 Å². The molecule has 1 aliphatic heterocycles. The van der Waals surface area contributed by atoms with E-state index in [1.165, 1.54) is 4.90 Å². The van der Waals surface area contributed by atoms with Crippen LogP contribution in [0.5, 0.6) is 0 Å². The molecule has 0 spiro atoms. The molecule has 0 aliphatic carbocycles. The zero-order valence-corrected chi connectivity index (χ0v) is 5.58. The summed E-state index contributed by atoms with van der Waals surface area (Å²) in [4.78, 5) is 11.7. The van der Waals surface area contributed by atoms with Crippen LogP contribution >= 0.6 is 23.4 Å². The van der Waals surface area contributed by atoms with E-state index in [0.29, 0.717) is 5.88 Å². The zero-order valence-electron chi connectivity index (χ0n) is 4.00. The molecule has 1 rings (SSSR count). The molecule has 1 aliphatic rings. The van der Waals surface area contributed by atoms with Crippen molar-refractivity contribution in [2.75, 3.05) is 5.88 Å². The lowest BCUT2D eigenvalue weighted by Crippen LogP contribution is -2.14. The molecule has 0 fully saturated rings. The Hall–Kier alpha value is -0.150. The average Bonchev–Trinajstić information content (AvgIpc) is 2.12. The van der Waals surface area contributed by atoms with Gasteiger partial charge in [-0.1, -0.05) is 0 Å². The topological polar surface area (TPSA) is 20.3 Å². The molecule has 44 valence electrons. The van der Waals surface area contributed by atoms with Crippen LogP contribution in [0, 0.1) is 0 Å². The van der Waals surface area contributed by atoms with Gasteiger partial charge in [0, 0.05) is 6.20 Å². The molecule has 0 saturated carbocycles. The lowest BCUT2D eigenvalue weighted by atomic mass is 10.8.